The molecule has 0 radical (unpaired) electrons. The molecule has 1 aromatic rings. The van der Waals surface area contributed by atoms with Crippen molar-refractivity contribution in [3.8, 4) is 0 Å². The lowest BCUT2D eigenvalue weighted by atomic mass is 9.94. The van der Waals surface area contributed by atoms with Gasteiger partial charge in [0, 0.05) is 17.0 Å². The number of ether oxygens (including phenoxy) is 1. The summed E-state index contributed by atoms with van der Waals surface area (Å²) in [4.78, 5) is 43.6. The van der Waals surface area contributed by atoms with Crippen molar-refractivity contribution in [1.29, 1.82) is 0 Å². The van der Waals surface area contributed by atoms with Crippen molar-refractivity contribution in [2.75, 3.05) is 0 Å². The third kappa shape index (κ3) is 5.50. The van der Waals surface area contributed by atoms with E-state index in [1.165, 1.54) is 11.3 Å². The molecule has 2 heterocycles. The van der Waals surface area contributed by atoms with Gasteiger partial charge in [0.1, 0.15) is 10.6 Å². The zero-order chi connectivity index (χ0) is 22.8. The van der Waals surface area contributed by atoms with E-state index in [1.807, 2.05) is 45.9 Å². The van der Waals surface area contributed by atoms with Crippen molar-refractivity contribution in [3.05, 3.63) is 50.7 Å². The maximum absolute atomic E-state index is 13.0. The number of carboxylic acids is 1. The van der Waals surface area contributed by atoms with Gasteiger partial charge in [-0.2, -0.15) is 0 Å². The van der Waals surface area contributed by atoms with E-state index in [0.717, 1.165) is 16.8 Å². The lowest BCUT2D eigenvalue weighted by Gasteiger charge is -2.26. The third-order valence-corrected chi connectivity index (χ3v) is 6.20. The molecule has 1 aromatic heterocycles. The number of aromatic nitrogens is 1. The molecule has 0 saturated carbocycles. The molecule has 166 valence electrons. The van der Waals surface area contributed by atoms with Gasteiger partial charge >= 0.3 is 11.9 Å². The Kier molecular flexibility index (Phi) is 6.79. The minimum Gasteiger partial charge on any atom is -0.476 e. The SMILES string of the molecule is CCc1sc(CN2C(=O)CCC(CC(=O)OC(C)(C)C)=C3CC=CC=C32)nc1C(=O)O. The number of nitrogens with zero attached hydrogens (tertiary/aromatic N) is 2. The van der Waals surface area contributed by atoms with Gasteiger partial charge in [0.2, 0.25) is 5.91 Å². The van der Waals surface area contributed by atoms with Crippen molar-refractivity contribution in [2.45, 2.75) is 71.9 Å². The molecule has 1 N–H and O–H groups in total. The van der Waals surface area contributed by atoms with Gasteiger partial charge in [0.15, 0.2) is 5.69 Å². The van der Waals surface area contributed by atoms with E-state index >= 15 is 0 Å². The van der Waals surface area contributed by atoms with Gasteiger partial charge in [0.25, 0.3) is 0 Å². The number of carbonyl (C=O) groups is 3. The van der Waals surface area contributed by atoms with Crippen LogP contribution in [0.15, 0.2) is 35.1 Å². The normalized spacial score (nSPS) is 16.7. The first-order valence-electron chi connectivity index (χ1n) is 10.4. The number of aryl methyl sites for hydroxylation is 1. The number of aromatic carboxylic acids is 1. The summed E-state index contributed by atoms with van der Waals surface area (Å²) in [7, 11) is 0. The molecule has 0 spiro atoms. The molecular formula is C23H28N2O5S. The Hall–Kier alpha value is -2.74. The summed E-state index contributed by atoms with van der Waals surface area (Å²) in [5, 5.41) is 9.98. The highest BCUT2D eigenvalue weighted by atomic mass is 32.1. The molecule has 7 nitrogen and oxygen atoms in total. The van der Waals surface area contributed by atoms with Crippen LogP contribution in [0.1, 0.15) is 73.8 Å². The minimum absolute atomic E-state index is 0.0590. The Morgan fingerprint density at radius 3 is 2.65 bits per heavy atom. The van der Waals surface area contributed by atoms with Gasteiger partial charge in [0.05, 0.1) is 13.0 Å². The lowest BCUT2D eigenvalue weighted by Crippen LogP contribution is -2.29. The van der Waals surface area contributed by atoms with Gasteiger partial charge in [-0.25, -0.2) is 9.78 Å². The summed E-state index contributed by atoms with van der Waals surface area (Å²) in [6.07, 6.45) is 7.91. The van der Waals surface area contributed by atoms with E-state index in [0.29, 0.717) is 29.1 Å². The molecular weight excluding hydrogens is 416 g/mol. The van der Waals surface area contributed by atoms with Crippen molar-refractivity contribution in [2.24, 2.45) is 0 Å². The van der Waals surface area contributed by atoms with Crippen LogP contribution in [0.5, 0.6) is 0 Å². The third-order valence-electron chi connectivity index (χ3n) is 5.02. The molecule has 1 amide bonds. The smallest absolute Gasteiger partial charge is 0.355 e. The number of hydrogen-bond donors (Lipinski definition) is 1. The Morgan fingerprint density at radius 2 is 2.03 bits per heavy atom. The number of amides is 1. The number of carbonyl (C=O) groups excluding carboxylic acids is 2. The van der Waals surface area contributed by atoms with Gasteiger partial charge in [-0.3, -0.25) is 9.59 Å². The molecule has 1 aliphatic carbocycles. The van der Waals surface area contributed by atoms with E-state index in [4.69, 9.17) is 4.74 Å². The quantitative estimate of drug-likeness (QED) is 0.653. The van der Waals surface area contributed by atoms with Crippen LogP contribution >= 0.6 is 11.3 Å². The average Bonchev–Trinajstić information content (AvgIpc) is 3.06. The lowest BCUT2D eigenvalue weighted by molar-refractivity contribution is -0.154. The van der Waals surface area contributed by atoms with Crippen LogP contribution < -0.4 is 0 Å². The summed E-state index contributed by atoms with van der Waals surface area (Å²) in [6.45, 7) is 7.60. The van der Waals surface area contributed by atoms with E-state index < -0.39 is 11.6 Å². The Labute approximate surface area is 186 Å². The highest BCUT2D eigenvalue weighted by molar-refractivity contribution is 7.11. The maximum atomic E-state index is 13.0. The number of thiazole rings is 1. The summed E-state index contributed by atoms with van der Waals surface area (Å²) in [5.74, 6) is -1.42. The zero-order valence-corrected chi connectivity index (χ0v) is 19.2. The Bertz CT molecular complexity index is 994. The van der Waals surface area contributed by atoms with Crippen LogP contribution in [0.3, 0.4) is 0 Å². The van der Waals surface area contributed by atoms with Gasteiger partial charge in [-0.1, -0.05) is 24.6 Å². The first kappa shape index (κ1) is 22.9. The standard InChI is InChI=1S/C23H28N2O5S/c1-5-17-21(22(28)29)24-18(31-17)13-25-16-9-7-6-8-15(16)14(10-11-19(25)26)12-20(27)30-23(2,3)4/h6-7,9H,5,8,10-13H2,1-4H3,(H,28,29). The average molecular weight is 445 g/mol. The first-order chi connectivity index (χ1) is 14.6. The topological polar surface area (TPSA) is 96.8 Å². The van der Waals surface area contributed by atoms with E-state index in [9.17, 15) is 19.5 Å². The first-order valence-corrected chi connectivity index (χ1v) is 11.2. The number of hydrogen-bond acceptors (Lipinski definition) is 6. The summed E-state index contributed by atoms with van der Waals surface area (Å²) in [5.41, 5.74) is 2.13. The van der Waals surface area contributed by atoms with Crippen LogP contribution in [-0.4, -0.2) is 38.4 Å². The van der Waals surface area contributed by atoms with Gasteiger partial charge < -0.3 is 14.7 Å². The highest BCUT2D eigenvalue weighted by Crippen LogP contribution is 2.35. The second kappa shape index (κ2) is 9.18. The number of fused-ring (bicyclic) bond motifs is 1. The van der Waals surface area contributed by atoms with Gasteiger partial charge in [-0.15, -0.1) is 11.3 Å². The fourth-order valence-corrected chi connectivity index (χ4v) is 4.73. The van der Waals surface area contributed by atoms with E-state index in [-0.39, 0.29) is 37.0 Å². The minimum atomic E-state index is -1.05. The molecule has 2 aliphatic rings. The summed E-state index contributed by atoms with van der Waals surface area (Å²) >= 11 is 1.33. The number of carboxylic acid groups (broad SMARTS) is 1. The van der Waals surface area contributed by atoms with Gasteiger partial charge in [-0.05, 0) is 51.7 Å². The second-order valence-electron chi connectivity index (χ2n) is 8.55. The van der Waals surface area contributed by atoms with Crippen molar-refractivity contribution >= 4 is 29.2 Å². The monoisotopic (exact) mass is 444 g/mol. The summed E-state index contributed by atoms with van der Waals surface area (Å²) < 4.78 is 5.49. The zero-order valence-electron chi connectivity index (χ0n) is 18.4. The molecule has 0 bridgehead atoms. The fraction of sp³-hybridized carbons (Fsp3) is 0.478. The predicted octanol–water partition coefficient (Wildman–Crippen LogP) is 4.40. The van der Waals surface area contributed by atoms with E-state index in [2.05, 4.69) is 4.98 Å². The highest BCUT2D eigenvalue weighted by Gasteiger charge is 2.30. The van der Waals surface area contributed by atoms with Crippen molar-refractivity contribution in [3.63, 3.8) is 0 Å². The molecule has 0 saturated heterocycles. The second-order valence-corrected chi connectivity index (χ2v) is 9.72. The van der Waals surface area contributed by atoms with Crippen molar-refractivity contribution in [1.82, 2.24) is 9.88 Å². The van der Waals surface area contributed by atoms with Crippen LogP contribution in [0.25, 0.3) is 0 Å². The van der Waals surface area contributed by atoms with Crippen LogP contribution in [-0.2, 0) is 27.3 Å². The largest absolute Gasteiger partial charge is 0.476 e. The number of rotatable bonds is 6. The molecule has 3 rings (SSSR count). The molecule has 1 aliphatic heterocycles. The Morgan fingerprint density at radius 1 is 1.29 bits per heavy atom. The number of esters is 1. The van der Waals surface area contributed by atoms with Crippen LogP contribution in [0, 0.1) is 0 Å². The maximum Gasteiger partial charge on any atom is 0.355 e. The predicted molar refractivity (Wildman–Crippen MR) is 118 cm³/mol. The molecule has 8 heteroatoms. The van der Waals surface area contributed by atoms with E-state index in [1.54, 1.807) is 4.90 Å². The fourth-order valence-electron chi connectivity index (χ4n) is 3.74. The van der Waals surface area contributed by atoms with Crippen molar-refractivity contribution < 1.29 is 24.2 Å². The molecule has 0 atom stereocenters. The summed E-state index contributed by atoms with van der Waals surface area (Å²) in [6, 6.07) is 0. The van der Waals surface area contributed by atoms with Crippen LogP contribution in [0.4, 0.5) is 0 Å². The molecule has 31 heavy (non-hydrogen) atoms. The molecule has 0 fully saturated rings. The van der Waals surface area contributed by atoms with Crippen LogP contribution in [0.2, 0.25) is 0 Å². The molecule has 0 aromatic carbocycles. The molecule has 0 unspecified atom stereocenters. The number of allylic oxidation sites excluding steroid dienone is 4. The Balaban J connectivity index is 1.91.